The van der Waals surface area contributed by atoms with Gasteiger partial charge in [0.15, 0.2) is 5.79 Å². The van der Waals surface area contributed by atoms with Crippen molar-refractivity contribution in [3.63, 3.8) is 0 Å². The fourth-order valence-electron chi connectivity index (χ4n) is 3.05. The SMILES string of the molecule is CC(C)(C)OC(=O)N1C[C@@H](O)[C@@H](O)[C@@H]1[C@@H](O)[C@H](O)[C@@H]1COC(C)(C)O1. The number of nitrogens with zero attached hydrogens (tertiary/aromatic N) is 1. The summed E-state index contributed by atoms with van der Waals surface area (Å²) in [4.78, 5) is 13.4. The third-order valence-corrected chi connectivity index (χ3v) is 4.23. The van der Waals surface area contributed by atoms with Crippen molar-refractivity contribution in [3.8, 4) is 0 Å². The molecule has 0 aromatic heterocycles. The Bertz CT molecular complexity index is 491. The highest BCUT2D eigenvalue weighted by Gasteiger charge is 2.51. The highest BCUT2D eigenvalue weighted by Crippen LogP contribution is 2.30. The average molecular weight is 363 g/mol. The lowest BCUT2D eigenvalue weighted by Crippen LogP contribution is -2.56. The minimum absolute atomic E-state index is 0.0586. The molecule has 0 spiro atoms. The van der Waals surface area contributed by atoms with Gasteiger partial charge in [-0.25, -0.2) is 4.79 Å². The molecule has 2 fully saturated rings. The summed E-state index contributed by atoms with van der Waals surface area (Å²) in [6.45, 7) is 8.24. The van der Waals surface area contributed by atoms with Crippen molar-refractivity contribution in [1.82, 2.24) is 4.90 Å². The minimum atomic E-state index is -1.55. The van der Waals surface area contributed by atoms with Gasteiger partial charge in [0, 0.05) is 0 Å². The van der Waals surface area contributed by atoms with Gasteiger partial charge in [-0.15, -0.1) is 0 Å². The summed E-state index contributed by atoms with van der Waals surface area (Å²) in [5.41, 5.74) is -0.782. The summed E-state index contributed by atoms with van der Waals surface area (Å²) in [5.74, 6) is -0.899. The third kappa shape index (κ3) is 4.60. The fourth-order valence-corrected chi connectivity index (χ4v) is 3.05. The van der Waals surface area contributed by atoms with Gasteiger partial charge in [0.05, 0.1) is 25.3 Å². The van der Waals surface area contributed by atoms with Crippen molar-refractivity contribution >= 4 is 6.09 Å². The number of carbonyl (C=O) groups excluding carboxylic acids is 1. The van der Waals surface area contributed by atoms with E-state index in [1.807, 2.05) is 0 Å². The van der Waals surface area contributed by atoms with E-state index in [0.29, 0.717) is 0 Å². The summed E-state index contributed by atoms with van der Waals surface area (Å²) in [6.07, 6.45) is -7.26. The Hall–Kier alpha value is -0.970. The van der Waals surface area contributed by atoms with Crippen molar-refractivity contribution in [3.05, 3.63) is 0 Å². The van der Waals surface area contributed by atoms with Gasteiger partial charge in [-0.2, -0.15) is 0 Å². The van der Waals surface area contributed by atoms with Gasteiger partial charge >= 0.3 is 6.09 Å². The molecule has 2 rings (SSSR count). The molecule has 6 atom stereocenters. The van der Waals surface area contributed by atoms with Crippen LogP contribution in [0.4, 0.5) is 4.79 Å². The summed E-state index contributed by atoms with van der Waals surface area (Å²) >= 11 is 0. The fraction of sp³-hybridized carbons (Fsp3) is 0.938. The minimum Gasteiger partial charge on any atom is -0.444 e. The molecular weight excluding hydrogens is 334 g/mol. The number of carbonyl (C=O) groups is 1. The van der Waals surface area contributed by atoms with Crippen LogP contribution in [0.25, 0.3) is 0 Å². The first-order valence-electron chi connectivity index (χ1n) is 8.36. The Labute approximate surface area is 147 Å². The zero-order chi connectivity index (χ0) is 19.2. The molecule has 4 N–H and O–H groups in total. The molecule has 9 nitrogen and oxygen atoms in total. The molecule has 2 aliphatic heterocycles. The maximum absolute atomic E-state index is 12.3. The van der Waals surface area contributed by atoms with Gasteiger partial charge in [0.25, 0.3) is 0 Å². The van der Waals surface area contributed by atoms with Crippen molar-refractivity contribution in [2.24, 2.45) is 0 Å². The van der Waals surface area contributed by atoms with Crippen LogP contribution in [0.15, 0.2) is 0 Å². The van der Waals surface area contributed by atoms with Crippen LogP contribution >= 0.6 is 0 Å². The topological polar surface area (TPSA) is 129 Å². The van der Waals surface area contributed by atoms with E-state index in [0.717, 1.165) is 4.90 Å². The quantitative estimate of drug-likeness (QED) is 0.513. The van der Waals surface area contributed by atoms with Crippen LogP contribution in [0.5, 0.6) is 0 Å². The van der Waals surface area contributed by atoms with Crippen LogP contribution in [0.3, 0.4) is 0 Å². The maximum Gasteiger partial charge on any atom is 0.410 e. The second-order valence-corrected chi connectivity index (χ2v) is 8.03. The van der Waals surface area contributed by atoms with E-state index in [1.165, 1.54) is 0 Å². The first kappa shape index (κ1) is 20.3. The van der Waals surface area contributed by atoms with E-state index in [2.05, 4.69) is 0 Å². The molecule has 0 aromatic carbocycles. The number of hydrogen-bond acceptors (Lipinski definition) is 8. The van der Waals surface area contributed by atoms with Crippen molar-refractivity contribution < 1.29 is 39.4 Å². The number of aliphatic hydroxyl groups excluding tert-OH is 4. The van der Waals surface area contributed by atoms with Crippen LogP contribution < -0.4 is 0 Å². The van der Waals surface area contributed by atoms with Crippen molar-refractivity contribution in [2.75, 3.05) is 13.2 Å². The lowest BCUT2D eigenvalue weighted by molar-refractivity contribution is -0.166. The van der Waals surface area contributed by atoms with Gasteiger partial charge in [-0.1, -0.05) is 0 Å². The highest BCUT2D eigenvalue weighted by molar-refractivity contribution is 5.69. The van der Waals surface area contributed by atoms with Crippen LogP contribution in [0.2, 0.25) is 0 Å². The van der Waals surface area contributed by atoms with Crippen LogP contribution in [0, 0.1) is 0 Å². The molecule has 0 aromatic rings. The lowest BCUT2D eigenvalue weighted by Gasteiger charge is -2.35. The molecular formula is C16H29NO8. The Balaban J connectivity index is 2.13. The number of amides is 1. The van der Waals surface area contributed by atoms with Gasteiger partial charge < -0.3 is 34.6 Å². The van der Waals surface area contributed by atoms with Crippen molar-refractivity contribution in [2.45, 2.75) is 82.6 Å². The zero-order valence-electron chi connectivity index (χ0n) is 15.2. The van der Waals surface area contributed by atoms with Gasteiger partial charge in [-0.3, -0.25) is 4.90 Å². The molecule has 0 saturated carbocycles. The van der Waals surface area contributed by atoms with Gasteiger partial charge in [-0.05, 0) is 34.6 Å². The van der Waals surface area contributed by atoms with E-state index in [-0.39, 0.29) is 13.2 Å². The normalized spacial score (nSPS) is 34.8. The van der Waals surface area contributed by atoms with Crippen molar-refractivity contribution in [1.29, 1.82) is 0 Å². The lowest BCUT2D eigenvalue weighted by atomic mass is 9.97. The molecule has 0 bridgehead atoms. The molecule has 0 radical (unpaired) electrons. The van der Waals surface area contributed by atoms with E-state index in [4.69, 9.17) is 14.2 Å². The molecule has 2 saturated heterocycles. The first-order valence-corrected chi connectivity index (χ1v) is 8.36. The number of ether oxygens (including phenoxy) is 3. The Morgan fingerprint density at radius 2 is 1.84 bits per heavy atom. The van der Waals surface area contributed by atoms with E-state index >= 15 is 0 Å². The highest BCUT2D eigenvalue weighted by atomic mass is 16.7. The summed E-state index contributed by atoms with van der Waals surface area (Å²) < 4.78 is 16.1. The van der Waals surface area contributed by atoms with E-state index in [1.54, 1.807) is 34.6 Å². The van der Waals surface area contributed by atoms with E-state index < -0.39 is 54.0 Å². The molecule has 146 valence electrons. The van der Waals surface area contributed by atoms with Crippen LogP contribution in [-0.2, 0) is 14.2 Å². The maximum atomic E-state index is 12.3. The standard InChI is InChI=1S/C16H29NO8/c1-15(2,3)25-14(22)17-6-8(18)11(19)10(17)13(21)12(20)9-7-23-16(4,5)24-9/h8-13,18-21H,6-7H2,1-5H3/t8-,9+,10-,11-,12-,13-/m1/s1. The molecule has 0 aliphatic carbocycles. The Morgan fingerprint density at radius 1 is 1.24 bits per heavy atom. The molecule has 0 unspecified atom stereocenters. The second-order valence-electron chi connectivity index (χ2n) is 8.03. The smallest absolute Gasteiger partial charge is 0.410 e. The van der Waals surface area contributed by atoms with Gasteiger partial charge in [0.2, 0.25) is 0 Å². The number of hydrogen-bond donors (Lipinski definition) is 4. The average Bonchev–Trinajstić information content (AvgIpc) is 2.96. The van der Waals surface area contributed by atoms with Gasteiger partial charge in [0.1, 0.15) is 30.0 Å². The summed E-state index contributed by atoms with van der Waals surface area (Å²) in [5, 5.41) is 41.1. The first-order chi connectivity index (χ1) is 11.3. The monoisotopic (exact) mass is 363 g/mol. The molecule has 1 amide bonds. The Kier molecular flexibility index (Phi) is 5.68. The molecule has 2 heterocycles. The Morgan fingerprint density at radius 3 is 2.32 bits per heavy atom. The zero-order valence-corrected chi connectivity index (χ0v) is 15.2. The molecule has 2 aliphatic rings. The van der Waals surface area contributed by atoms with E-state index in [9.17, 15) is 25.2 Å². The predicted octanol–water partition coefficient (Wildman–Crippen LogP) is -0.799. The second kappa shape index (κ2) is 6.98. The molecule has 9 heteroatoms. The third-order valence-electron chi connectivity index (χ3n) is 4.23. The number of β-amino-alcohol motifs (C(OH)–C–C–N with tert-alkyl or cyclic N) is 1. The summed E-state index contributed by atoms with van der Waals surface area (Å²) in [6, 6.07) is -1.23. The van der Waals surface area contributed by atoms with Crippen LogP contribution in [0.1, 0.15) is 34.6 Å². The molecule has 25 heavy (non-hydrogen) atoms. The largest absolute Gasteiger partial charge is 0.444 e. The summed E-state index contributed by atoms with van der Waals surface area (Å²) in [7, 11) is 0. The number of aliphatic hydroxyl groups is 4. The number of likely N-dealkylation sites (tertiary alicyclic amines) is 1. The number of rotatable bonds is 3. The predicted molar refractivity (Wildman–Crippen MR) is 85.7 cm³/mol. The van der Waals surface area contributed by atoms with Crippen LogP contribution in [-0.4, -0.2) is 92.5 Å².